The molecular formula is C19H17N3O3. The van der Waals surface area contributed by atoms with E-state index in [4.69, 9.17) is 15.3 Å². The summed E-state index contributed by atoms with van der Waals surface area (Å²) < 4.78 is 5.43. The molecule has 0 aliphatic rings. The second kappa shape index (κ2) is 7.48. The van der Waals surface area contributed by atoms with Crippen molar-refractivity contribution in [2.24, 2.45) is 0 Å². The van der Waals surface area contributed by atoms with E-state index in [0.717, 1.165) is 5.56 Å². The maximum atomic E-state index is 12.3. The molecule has 0 spiro atoms. The van der Waals surface area contributed by atoms with Crippen LogP contribution in [0, 0.1) is 29.6 Å². The number of hydrogen-bond acceptors (Lipinski definition) is 5. The summed E-state index contributed by atoms with van der Waals surface area (Å²) in [4.78, 5) is 12.3. The molecule has 0 radical (unpaired) electrons. The van der Waals surface area contributed by atoms with Crippen molar-refractivity contribution < 1.29 is 14.6 Å². The van der Waals surface area contributed by atoms with Gasteiger partial charge in [0.15, 0.2) is 5.60 Å². The summed E-state index contributed by atoms with van der Waals surface area (Å²) in [7, 11) is 0. The minimum atomic E-state index is -1.75. The second-order valence-electron chi connectivity index (χ2n) is 5.79. The Balaban J connectivity index is 2.00. The van der Waals surface area contributed by atoms with Gasteiger partial charge in [0, 0.05) is 5.69 Å². The third-order valence-electron chi connectivity index (χ3n) is 3.60. The quantitative estimate of drug-likeness (QED) is 0.873. The molecule has 2 aromatic rings. The standard InChI is InChI=1S/C19H17N3O3/c1-13-9-16(6-5-15(13)11-21)22-18(23)19(2,24)12-25-17-7-3-14(10-20)4-8-17/h3-9,24H,12H2,1-2H3,(H,22,23). The van der Waals surface area contributed by atoms with E-state index >= 15 is 0 Å². The van der Waals surface area contributed by atoms with Crippen molar-refractivity contribution in [3.8, 4) is 17.9 Å². The fraction of sp³-hybridized carbons (Fsp3) is 0.211. The van der Waals surface area contributed by atoms with Crippen LogP contribution >= 0.6 is 0 Å². The Kier molecular flexibility index (Phi) is 5.38. The lowest BCUT2D eigenvalue weighted by atomic mass is 10.1. The molecule has 0 fully saturated rings. The first kappa shape index (κ1) is 18.0. The zero-order valence-corrected chi connectivity index (χ0v) is 13.9. The van der Waals surface area contributed by atoms with Crippen LogP contribution in [0.1, 0.15) is 23.6 Å². The van der Waals surface area contributed by atoms with E-state index in [-0.39, 0.29) is 6.61 Å². The van der Waals surface area contributed by atoms with E-state index in [1.807, 2.05) is 6.07 Å². The van der Waals surface area contributed by atoms with Crippen molar-refractivity contribution in [1.29, 1.82) is 10.5 Å². The van der Waals surface area contributed by atoms with Gasteiger partial charge in [0.2, 0.25) is 0 Å². The molecule has 126 valence electrons. The van der Waals surface area contributed by atoms with E-state index in [2.05, 4.69) is 11.4 Å². The van der Waals surface area contributed by atoms with Crippen LogP contribution in [-0.2, 0) is 4.79 Å². The molecule has 0 aliphatic carbocycles. The number of carbonyl (C=O) groups excluding carboxylic acids is 1. The van der Waals surface area contributed by atoms with Gasteiger partial charge >= 0.3 is 0 Å². The summed E-state index contributed by atoms with van der Waals surface area (Å²) in [5.74, 6) is -0.174. The highest BCUT2D eigenvalue weighted by molar-refractivity contribution is 5.97. The lowest BCUT2D eigenvalue weighted by Crippen LogP contribution is -2.45. The lowest BCUT2D eigenvalue weighted by Gasteiger charge is -2.22. The van der Waals surface area contributed by atoms with Gasteiger partial charge in [-0.3, -0.25) is 4.79 Å². The monoisotopic (exact) mass is 335 g/mol. The SMILES string of the molecule is Cc1cc(NC(=O)C(C)(O)COc2ccc(C#N)cc2)ccc1C#N. The van der Waals surface area contributed by atoms with Crippen LogP contribution < -0.4 is 10.1 Å². The first-order valence-electron chi connectivity index (χ1n) is 7.53. The number of ether oxygens (including phenoxy) is 1. The average Bonchev–Trinajstić information content (AvgIpc) is 2.60. The topological polar surface area (TPSA) is 106 Å². The molecule has 0 bridgehead atoms. The third-order valence-corrected chi connectivity index (χ3v) is 3.60. The normalized spacial score (nSPS) is 12.4. The number of hydrogen-bond donors (Lipinski definition) is 2. The summed E-state index contributed by atoms with van der Waals surface area (Å²) in [5.41, 5.74) is 0.478. The average molecular weight is 335 g/mol. The Labute approximate surface area is 145 Å². The Morgan fingerprint density at radius 2 is 1.88 bits per heavy atom. The third kappa shape index (κ3) is 4.57. The van der Waals surface area contributed by atoms with E-state index in [9.17, 15) is 9.90 Å². The summed E-state index contributed by atoms with van der Waals surface area (Å²) in [5, 5.41) is 30.6. The zero-order valence-electron chi connectivity index (χ0n) is 13.9. The number of nitrogens with one attached hydrogen (secondary N) is 1. The largest absolute Gasteiger partial charge is 0.490 e. The molecule has 0 heterocycles. The number of amides is 1. The summed E-state index contributed by atoms with van der Waals surface area (Å²) in [6.45, 7) is 2.86. The van der Waals surface area contributed by atoms with Crippen LogP contribution in [0.2, 0.25) is 0 Å². The van der Waals surface area contributed by atoms with Gasteiger partial charge in [0.25, 0.3) is 5.91 Å². The zero-order chi connectivity index (χ0) is 18.4. The number of aryl methyl sites for hydroxylation is 1. The molecule has 1 unspecified atom stereocenters. The molecule has 0 saturated carbocycles. The van der Waals surface area contributed by atoms with Crippen LogP contribution in [0.15, 0.2) is 42.5 Å². The molecule has 6 heteroatoms. The minimum absolute atomic E-state index is 0.250. The molecule has 2 N–H and O–H groups in total. The lowest BCUT2D eigenvalue weighted by molar-refractivity contribution is -0.135. The van der Waals surface area contributed by atoms with Crippen LogP contribution in [0.4, 0.5) is 5.69 Å². The van der Waals surface area contributed by atoms with Crippen molar-refractivity contribution in [3.05, 3.63) is 59.2 Å². The number of benzene rings is 2. The minimum Gasteiger partial charge on any atom is -0.490 e. The molecule has 6 nitrogen and oxygen atoms in total. The fourth-order valence-electron chi connectivity index (χ4n) is 2.05. The Bertz CT molecular complexity index is 859. The van der Waals surface area contributed by atoms with Gasteiger partial charge in [0.05, 0.1) is 23.3 Å². The first-order valence-corrected chi connectivity index (χ1v) is 7.53. The van der Waals surface area contributed by atoms with Crippen molar-refractivity contribution in [2.75, 3.05) is 11.9 Å². The van der Waals surface area contributed by atoms with Crippen LogP contribution in [0.5, 0.6) is 5.75 Å². The fourth-order valence-corrected chi connectivity index (χ4v) is 2.05. The number of aliphatic hydroxyl groups is 1. The first-order chi connectivity index (χ1) is 11.9. The van der Waals surface area contributed by atoms with Gasteiger partial charge in [0.1, 0.15) is 12.4 Å². The number of nitrogens with zero attached hydrogens (tertiary/aromatic N) is 2. The van der Waals surface area contributed by atoms with Gasteiger partial charge < -0.3 is 15.2 Å². The highest BCUT2D eigenvalue weighted by atomic mass is 16.5. The van der Waals surface area contributed by atoms with E-state index in [1.165, 1.54) is 6.92 Å². The van der Waals surface area contributed by atoms with Gasteiger partial charge in [-0.05, 0) is 61.9 Å². The smallest absolute Gasteiger partial charge is 0.259 e. The molecule has 0 saturated heterocycles. The maximum absolute atomic E-state index is 12.3. The van der Waals surface area contributed by atoms with Gasteiger partial charge in [-0.15, -0.1) is 0 Å². The maximum Gasteiger partial charge on any atom is 0.259 e. The van der Waals surface area contributed by atoms with Gasteiger partial charge in [-0.25, -0.2) is 0 Å². The molecule has 0 aromatic heterocycles. The molecule has 1 atom stereocenters. The summed E-state index contributed by atoms with van der Waals surface area (Å²) >= 11 is 0. The summed E-state index contributed by atoms with van der Waals surface area (Å²) in [6.07, 6.45) is 0. The van der Waals surface area contributed by atoms with Gasteiger partial charge in [-0.2, -0.15) is 10.5 Å². The Morgan fingerprint density at radius 1 is 1.20 bits per heavy atom. The molecule has 2 aromatic carbocycles. The molecule has 25 heavy (non-hydrogen) atoms. The summed E-state index contributed by atoms with van der Waals surface area (Å²) in [6, 6.07) is 15.3. The van der Waals surface area contributed by atoms with Crippen molar-refractivity contribution in [3.63, 3.8) is 0 Å². The second-order valence-corrected chi connectivity index (χ2v) is 5.79. The number of rotatable bonds is 5. The number of carbonyl (C=O) groups is 1. The highest BCUT2D eigenvalue weighted by Crippen LogP contribution is 2.18. The van der Waals surface area contributed by atoms with Crippen LogP contribution in [0.3, 0.4) is 0 Å². The predicted molar refractivity (Wildman–Crippen MR) is 91.8 cm³/mol. The Hall–Kier alpha value is -3.35. The molecule has 1 amide bonds. The van der Waals surface area contributed by atoms with Crippen LogP contribution in [-0.4, -0.2) is 23.2 Å². The number of anilines is 1. The van der Waals surface area contributed by atoms with Crippen LogP contribution in [0.25, 0.3) is 0 Å². The highest BCUT2D eigenvalue weighted by Gasteiger charge is 2.31. The van der Waals surface area contributed by atoms with Crippen molar-refractivity contribution in [2.45, 2.75) is 19.4 Å². The van der Waals surface area contributed by atoms with Gasteiger partial charge in [-0.1, -0.05) is 0 Å². The molecule has 2 rings (SSSR count). The predicted octanol–water partition coefficient (Wildman–Crippen LogP) is 2.51. The van der Waals surface area contributed by atoms with E-state index in [0.29, 0.717) is 22.6 Å². The Morgan fingerprint density at radius 3 is 2.44 bits per heavy atom. The van der Waals surface area contributed by atoms with Crippen molar-refractivity contribution >= 4 is 11.6 Å². The van der Waals surface area contributed by atoms with E-state index in [1.54, 1.807) is 49.4 Å². The number of nitriles is 2. The van der Waals surface area contributed by atoms with Crippen molar-refractivity contribution in [1.82, 2.24) is 0 Å². The molecular weight excluding hydrogens is 318 g/mol. The molecule has 0 aliphatic heterocycles. The van der Waals surface area contributed by atoms with E-state index < -0.39 is 11.5 Å².